The van der Waals surface area contributed by atoms with E-state index in [0.717, 1.165) is 32.7 Å². The molecule has 0 saturated carbocycles. The van der Waals surface area contributed by atoms with Crippen LogP contribution < -0.4 is 0 Å². The smallest absolute Gasteiger partial charge is 0.213 e. The van der Waals surface area contributed by atoms with E-state index in [4.69, 9.17) is 0 Å². The molecule has 0 bridgehead atoms. The van der Waals surface area contributed by atoms with Crippen molar-refractivity contribution in [2.45, 2.75) is 25.8 Å². The summed E-state index contributed by atoms with van der Waals surface area (Å²) in [6.07, 6.45) is 1.26. The van der Waals surface area contributed by atoms with Crippen molar-refractivity contribution in [1.29, 1.82) is 0 Å². The first kappa shape index (κ1) is 22.8. The van der Waals surface area contributed by atoms with Crippen LogP contribution in [0.4, 0.5) is 0 Å². The van der Waals surface area contributed by atoms with Gasteiger partial charge >= 0.3 is 0 Å². The van der Waals surface area contributed by atoms with E-state index in [1.165, 1.54) is 8.61 Å². The molecule has 0 aromatic rings. The van der Waals surface area contributed by atoms with Crippen molar-refractivity contribution in [3.05, 3.63) is 0 Å². The summed E-state index contributed by atoms with van der Waals surface area (Å²) in [5.74, 6) is 0.353. The highest BCUT2D eigenvalue weighted by Crippen LogP contribution is 2.11. The van der Waals surface area contributed by atoms with Crippen LogP contribution in [0.15, 0.2) is 0 Å². The second kappa shape index (κ2) is 9.61. The Bertz CT molecular complexity index is 605. The first-order valence-corrected chi connectivity index (χ1v) is 11.9. The van der Waals surface area contributed by atoms with Crippen molar-refractivity contribution < 1.29 is 16.8 Å². The van der Waals surface area contributed by atoms with Gasteiger partial charge in [-0.2, -0.15) is 0 Å². The third-order valence-corrected chi connectivity index (χ3v) is 8.52. The molecule has 0 amide bonds. The van der Waals surface area contributed by atoms with Gasteiger partial charge < -0.3 is 4.90 Å². The summed E-state index contributed by atoms with van der Waals surface area (Å²) in [6.45, 7) is 6.37. The van der Waals surface area contributed by atoms with Gasteiger partial charge in [0.25, 0.3) is 0 Å². The molecular formula is C15H34N4O4S2. The summed E-state index contributed by atoms with van der Waals surface area (Å²) < 4.78 is 49.7. The van der Waals surface area contributed by atoms with E-state index in [1.54, 1.807) is 28.2 Å². The molecular weight excluding hydrogens is 364 g/mol. The minimum atomic E-state index is -3.12. The molecule has 1 atom stereocenters. The van der Waals surface area contributed by atoms with Crippen LogP contribution in [-0.2, 0) is 20.0 Å². The Morgan fingerprint density at radius 1 is 0.840 bits per heavy atom. The Balaban J connectivity index is 2.32. The van der Waals surface area contributed by atoms with Crippen LogP contribution >= 0.6 is 0 Å². The number of sulfonamides is 2. The summed E-state index contributed by atoms with van der Waals surface area (Å²) in [6, 6.07) is 0.348. The Morgan fingerprint density at radius 2 is 1.32 bits per heavy atom. The lowest BCUT2D eigenvalue weighted by Gasteiger charge is -2.40. The highest BCUT2D eigenvalue weighted by atomic mass is 32.2. The predicted molar refractivity (Wildman–Crippen MR) is 102 cm³/mol. The SMILES string of the molecule is CC1CN(CCCS(=O)(=O)N(C)C)CCN1CCCS(=O)(=O)N(C)C. The van der Waals surface area contributed by atoms with Crippen molar-refractivity contribution in [1.82, 2.24) is 18.4 Å². The largest absolute Gasteiger partial charge is 0.300 e. The summed E-state index contributed by atoms with van der Waals surface area (Å²) in [7, 11) is 0.00388. The highest BCUT2D eigenvalue weighted by Gasteiger charge is 2.24. The number of nitrogens with zero attached hydrogens (tertiary/aromatic N) is 4. The number of rotatable bonds is 10. The first-order valence-electron chi connectivity index (χ1n) is 8.72. The number of hydrogen-bond donors (Lipinski definition) is 0. The maximum atomic E-state index is 11.8. The van der Waals surface area contributed by atoms with E-state index in [2.05, 4.69) is 16.7 Å². The molecule has 0 aromatic carbocycles. The summed E-state index contributed by atoms with van der Waals surface area (Å²) in [4.78, 5) is 4.61. The van der Waals surface area contributed by atoms with Crippen LogP contribution in [0.2, 0.25) is 0 Å². The zero-order chi connectivity index (χ0) is 19.3. The van der Waals surface area contributed by atoms with Gasteiger partial charge in [-0.3, -0.25) is 4.90 Å². The van der Waals surface area contributed by atoms with E-state index in [1.807, 2.05) is 0 Å². The molecule has 0 N–H and O–H groups in total. The fraction of sp³-hybridized carbons (Fsp3) is 1.00. The average Bonchev–Trinajstić information content (AvgIpc) is 2.48. The predicted octanol–water partition coefficient (Wildman–Crippen LogP) is -0.444. The van der Waals surface area contributed by atoms with E-state index < -0.39 is 20.0 Å². The molecule has 0 aliphatic carbocycles. The second-order valence-corrected chi connectivity index (χ2v) is 11.7. The van der Waals surface area contributed by atoms with Crippen molar-refractivity contribution >= 4 is 20.0 Å². The number of piperazine rings is 1. The van der Waals surface area contributed by atoms with Crippen LogP contribution in [0.25, 0.3) is 0 Å². The maximum absolute atomic E-state index is 11.8. The first-order chi connectivity index (χ1) is 11.5. The molecule has 8 nitrogen and oxygen atoms in total. The molecule has 150 valence electrons. The van der Waals surface area contributed by atoms with Gasteiger partial charge in [-0.05, 0) is 32.9 Å². The van der Waals surface area contributed by atoms with E-state index >= 15 is 0 Å². The van der Waals surface area contributed by atoms with Gasteiger partial charge in [0.1, 0.15) is 0 Å². The lowest BCUT2D eigenvalue weighted by atomic mass is 10.2. The van der Waals surface area contributed by atoms with Crippen LogP contribution in [-0.4, -0.2) is 114 Å². The van der Waals surface area contributed by atoms with Gasteiger partial charge in [0, 0.05) is 53.9 Å². The van der Waals surface area contributed by atoms with E-state index in [9.17, 15) is 16.8 Å². The third-order valence-electron chi connectivity index (χ3n) is 4.69. The van der Waals surface area contributed by atoms with Gasteiger partial charge in [0.2, 0.25) is 20.0 Å². The minimum Gasteiger partial charge on any atom is -0.300 e. The van der Waals surface area contributed by atoms with Crippen molar-refractivity contribution in [2.75, 3.05) is 72.4 Å². The molecule has 0 radical (unpaired) electrons. The summed E-state index contributed by atoms with van der Waals surface area (Å²) >= 11 is 0. The Labute approximate surface area is 153 Å². The zero-order valence-corrected chi connectivity index (χ0v) is 17.8. The third kappa shape index (κ3) is 7.48. The lowest BCUT2D eigenvalue weighted by Crippen LogP contribution is -2.52. The van der Waals surface area contributed by atoms with Crippen molar-refractivity contribution in [3.8, 4) is 0 Å². The molecule has 1 saturated heterocycles. The van der Waals surface area contributed by atoms with Crippen LogP contribution in [0, 0.1) is 0 Å². The molecule has 0 spiro atoms. The van der Waals surface area contributed by atoms with Gasteiger partial charge in [0.05, 0.1) is 11.5 Å². The monoisotopic (exact) mass is 398 g/mol. The Morgan fingerprint density at radius 3 is 1.76 bits per heavy atom. The summed E-state index contributed by atoms with van der Waals surface area (Å²) in [5.41, 5.74) is 0. The van der Waals surface area contributed by atoms with E-state index in [0.29, 0.717) is 18.9 Å². The van der Waals surface area contributed by atoms with Crippen molar-refractivity contribution in [2.24, 2.45) is 0 Å². The Hall–Kier alpha value is -0.260. The lowest BCUT2D eigenvalue weighted by molar-refractivity contribution is 0.0840. The van der Waals surface area contributed by atoms with Gasteiger partial charge in [-0.15, -0.1) is 0 Å². The fourth-order valence-corrected chi connectivity index (χ4v) is 4.61. The molecule has 1 heterocycles. The summed E-state index contributed by atoms with van der Waals surface area (Å²) in [5, 5.41) is 0. The molecule has 1 aliphatic heterocycles. The normalized spacial score (nSPS) is 21.3. The molecule has 1 unspecified atom stereocenters. The standard InChI is InChI=1S/C15H34N4O4S2/c1-15-14-18(8-6-12-24(20,21)16(2)3)10-11-19(15)9-7-13-25(22,23)17(4)5/h15H,6-14H2,1-5H3. The van der Waals surface area contributed by atoms with Gasteiger partial charge in [-0.25, -0.2) is 25.4 Å². The second-order valence-electron chi connectivity index (χ2n) is 7.09. The zero-order valence-electron chi connectivity index (χ0n) is 16.2. The Kier molecular flexibility index (Phi) is 8.76. The van der Waals surface area contributed by atoms with Crippen LogP contribution in [0.1, 0.15) is 19.8 Å². The minimum absolute atomic E-state index is 0.176. The van der Waals surface area contributed by atoms with E-state index in [-0.39, 0.29) is 11.5 Å². The maximum Gasteiger partial charge on any atom is 0.213 e. The van der Waals surface area contributed by atoms with Crippen molar-refractivity contribution in [3.63, 3.8) is 0 Å². The molecule has 1 aliphatic rings. The molecule has 1 fully saturated rings. The van der Waals surface area contributed by atoms with Gasteiger partial charge in [-0.1, -0.05) is 0 Å². The molecule has 10 heteroatoms. The molecule has 25 heavy (non-hydrogen) atoms. The molecule has 1 rings (SSSR count). The quantitative estimate of drug-likeness (QED) is 0.496. The van der Waals surface area contributed by atoms with Crippen LogP contribution in [0.5, 0.6) is 0 Å². The van der Waals surface area contributed by atoms with Gasteiger partial charge in [0.15, 0.2) is 0 Å². The number of hydrogen-bond acceptors (Lipinski definition) is 6. The fourth-order valence-electron chi connectivity index (χ4n) is 2.89. The average molecular weight is 399 g/mol. The topological polar surface area (TPSA) is 81.2 Å². The molecule has 0 aromatic heterocycles. The highest BCUT2D eigenvalue weighted by molar-refractivity contribution is 7.89. The van der Waals surface area contributed by atoms with Crippen LogP contribution in [0.3, 0.4) is 0 Å².